The number of allylic oxidation sites excluding steroid dienone is 1. The van der Waals surface area contributed by atoms with Gasteiger partial charge in [0.05, 0.1) is 6.04 Å². The number of nitrogens with zero attached hydrogens (tertiary/aromatic N) is 1. The molecule has 1 aliphatic carbocycles. The Morgan fingerprint density at radius 1 is 1.50 bits per heavy atom. The third-order valence-electron chi connectivity index (χ3n) is 2.75. The number of nitrogens with one attached hydrogen (secondary N) is 1. The van der Waals surface area contributed by atoms with Crippen molar-refractivity contribution in [3.8, 4) is 0 Å². The molecule has 0 amide bonds. The van der Waals surface area contributed by atoms with Crippen molar-refractivity contribution in [2.45, 2.75) is 25.3 Å². The van der Waals surface area contributed by atoms with Crippen LogP contribution in [0, 0.1) is 0 Å². The Bertz CT molecular complexity index is 316. The summed E-state index contributed by atoms with van der Waals surface area (Å²) in [6.07, 6.45) is 9.87. The zero-order valence-corrected chi connectivity index (χ0v) is 8.53. The lowest BCUT2D eigenvalue weighted by Gasteiger charge is -2.17. The van der Waals surface area contributed by atoms with Gasteiger partial charge >= 0.3 is 0 Å². The molecule has 1 unspecified atom stereocenters. The maximum atomic E-state index is 4.16. The molecule has 1 N–H and O–H groups in total. The molecule has 1 aromatic heterocycles. The molecule has 0 radical (unpaired) electrons. The first-order valence-corrected chi connectivity index (χ1v) is 5.18. The summed E-state index contributed by atoms with van der Waals surface area (Å²) in [5.74, 6) is 0. The summed E-state index contributed by atoms with van der Waals surface area (Å²) in [5, 5.41) is 3.35. The van der Waals surface area contributed by atoms with Gasteiger partial charge in [0.2, 0.25) is 0 Å². The normalized spacial score (nSPS) is 17.9. The lowest BCUT2D eigenvalue weighted by atomic mass is 10.00. The number of aromatic nitrogens is 1. The highest BCUT2D eigenvalue weighted by atomic mass is 14.9. The van der Waals surface area contributed by atoms with Gasteiger partial charge in [0.1, 0.15) is 0 Å². The van der Waals surface area contributed by atoms with Crippen LogP contribution in [-0.4, -0.2) is 12.0 Å². The van der Waals surface area contributed by atoms with Gasteiger partial charge in [-0.1, -0.05) is 17.7 Å². The first-order valence-electron chi connectivity index (χ1n) is 5.18. The van der Waals surface area contributed by atoms with Crippen molar-refractivity contribution >= 4 is 0 Å². The van der Waals surface area contributed by atoms with Gasteiger partial charge in [-0.3, -0.25) is 4.98 Å². The van der Waals surface area contributed by atoms with E-state index in [2.05, 4.69) is 22.4 Å². The topological polar surface area (TPSA) is 24.9 Å². The minimum absolute atomic E-state index is 0.367. The molecule has 0 saturated carbocycles. The van der Waals surface area contributed by atoms with Crippen LogP contribution in [0.25, 0.3) is 0 Å². The fourth-order valence-electron chi connectivity index (χ4n) is 2.07. The summed E-state index contributed by atoms with van der Waals surface area (Å²) in [7, 11) is 2.01. The smallest absolute Gasteiger partial charge is 0.0548 e. The van der Waals surface area contributed by atoms with Crippen molar-refractivity contribution in [2.75, 3.05) is 7.05 Å². The van der Waals surface area contributed by atoms with E-state index < -0.39 is 0 Å². The Morgan fingerprint density at radius 2 is 2.43 bits per heavy atom. The molecule has 1 atom stereocenters. The van der Waals surface area contributed by atoms with Crippen LogP contribution in [0.3, 0.4) is 0 Å². The number of rotatable bonds is 3. The second-order valence-corrected chi connectivity index (χ2v) is 3.68. The minimum atomic E-state index is 0.367. The summed E-state index contributed by atoms with van der Waals surface area (Å²) in [6.45, 7) is 0. The summed E-state index contributed by atoms with van der Waals surface area (Å²) >= 11 is 0. The van der Waals surface area contributed by atoms with Crippen molar-refractivity contribution in [3.63, 3.8) is 0 Å². The molecule has 0 aromatic carbocycles. The van der Waals surface area contributed by atoms with Gasteiger partial charge in [0.25, 0.3) is 0 Å². The molecule has 74 valence electrons. The van der Waals surface area contributed by atoms with Crippen LogP contribution < -0.4 is 5.32 Å². The van der Waals surface area contributed by atoms with E-state index >= 15 is 0 Å². The van der Waals surface area contributed by atoms with Gasteiger partial charge in [-0.2, -0.15) is 0 Å². The predicted octanol–water partition coefficient (Wildman–Crippen LogP) is 2.45. The third kappa shape index (κ3) is 1.85. The van der Waals surface area contributed by atoms with Crippen LogP contribution in [0.4, 0.5) is 0 Å². The van der Waals surface area contributed by atoms with E-state index in [4.69, 9.17) is 0 Å². The molecule has 0 bridgehead atoms. The fraction of sp³-hybridized carbons (Fsp3) is 0.417. The molecule has 0 aliphatic heterocycles. The molecular weight excluding hydrogens is 172 g/mol. The average molecular weight is 188 g/mol. The van der Waals surface area contributed by atoms with Gasteiger partial charge in [-0.25, -0.2) is 0 Å². The van der Waals surface area contributed by atoms with E-state index in [0.29, 0.717) is 6.04 Å². The quantitative estimate of drug-likeness (QED) is 0.737. The first kappa shape index (κ1) is 9.41. The highest BCUT2D eigenvalue weighted by Crippen LogP contribution is 2.29. The van der Waals surface area contributed by atoms with Crippen molar-refractivity contribution < 1.29 is 0 Å². The van der Waals surface area contributed by atoms with Gasteiger partial charge < -0.3 is 5.32 Å². The zero-order valence-electron chi connectivity index (χ0n) is 8.53. The van der Waals surface area contributed by atoms with E-state index in [0.717, 1.165) is 0 Å². The van der Waals surface area contributed by atoms with Crippen LogP contribution in [-0.2, 0) is 0 Å². The lowest BCUT2D eigenvalue weighted by Crippen LogP contribution is -2.18. The Labute approximate surface area is 85.1 Å². The second kappa shape index (κ2) is 4.38. The van der Waals surface area contributed by atoms with E-state index in [1.807, 2.05) is 25.5 Å². The van der Waals surface area contributed by atoms with Crippen molar-refractivity contribution in [1.82, 2.24) is 10.3 Å². The standard InChI is InChI=1S/C12H16N2/c1-13-12(10-5-2-3-6-10)11-7-4-8-14-9-11/h4-5,7-9,12-13H,2-3,6H2,1H3. The van der Waals surface area contributed by atoms with Crippen molar-refractivity contribution in [3.05, 3.63) is 41.7 Å². The van der Waals surface area contributed by atoms with Crippen LogP contribution >= 0.6 is 0 Å². The average Bonchev–Trinajstić information content (AvgIpc) is 2.74. The fourth-order valence-corrected chi connectivity index (χ4v) is 2.07. The SMILES string of the molecule is CNC(C1=CCCC1)c1cccnc1. The summed E-state index contributed by atoms with van der Waals surface area (Å²) < 4.78 is 0. The molecule has 1 aromatic rings. The van der Waals surface area contributed by atoms with Crippen LogP contribution in [0.15, 0.2) is 36.2 Å². The summed E-state index contributed by atoms with van der Waals surface area (Å²) in [6, 6.07) is 4.49. The van der Waals surface area contributed by atoms with E-state index in [9.17, 15) is 0 Å². The number of hydrogen-bond acceptors (Lipinski definition) is 2. The highest BCUT2D eigenvalue weighted by Gasteiger charge is 2.16. The van der Waals surface area contributed by atoms with Gasteiger partial charge in [-0.05, 0) is 37.9 Å². The summed E-state index contributed by atoms with van der Waals surface area (Å²) in [5.41, 5.74) is 2.78. The number of hydrogen-bond donors (Lipinski definition) is 1. The van der Waals surface area contributed by atoms with E-state index in [1.165, 1.54) is 30.4 Å². The Morgan fingerprint density at radius 3 is 3.00 bits per heavy atom. The molecular formula is C12H16N2. The lowest BCUT2D eigenvalue weighted by molar-refractivity contribution is 0.653. The number of pyridine rings is 1. The predicted molar refractivity (Wildman–Crippen MR) is 58.0 cm³/mol. The Balaban J connectivity index is 2.21. The minimum Gasteiger partial charge on any atom is -0.310 e. The molecule has 2 rings (SSSR count). The molecule has 0 saturated heterocycles. The largest absolute Gasteiger partial charge is 0.310 e. The maximum absolute atomic E-state index is 4.16. The van der Waals surface area contributed by atoms with Gasteiger partial charge in [0.15, 0.2) is 0 Å². The Kier molecular flexibility index (Phi) is 2.94. The highest BCUT2D eigenvalue weighted by molar-refractivity contribution is 5.27. The second-order valence-electron chi connectivity index (χ2n) is 3.68. The molecule has 2 nitrogen and oxygen atoms in total. The van der Waals surface area contributed by atoms with Crippen LogP contribution in [0.2, 0.25) is 0 Å². The monoisotopic (exact) mass is 188 g/mol. The molecule has 0 fully saturated rings. The van der Waals surface area contributed by atoms with Gasteiger partial charge in [-0.15, -0.1) is 0 Å². The number of likely N-dealkylation sites (N-methyl/N-ethyl adjacent to an activating group) is 1. The zero-order chi connectivity index (χ0) is 9.80. The molecule has 1 aliphatic rings. The summed E-state index contributed by atoms with van der Waals surface area (Å²) in [4.78, 5) is 4.16. The molecule has 2 heteroatoms. The van der Waals surface area contributed by atoms with Gasteiger partial charge in [0, 0.05) is 12.4 Å². The molecule has 14 heavy (non-hydrogen) atoms. The van der Waals surface area contributed by atoms with E-state index in [-0.39, 0.29) is 0 Å². The molecule has 1 heterocycles. The van der Waals surface area contributed by atoms with Crippen LogP contribution in [0.1, 0.15) is 30.9 Å². The third-order valence-corrected chi connectivity index (χ3v) is 2.75. The van der Waals surface area contributed by atoms with E-state index in [1.54, 1.807) is 0 Å². The maximum Gasteiger partial charge on any atom is 0.0548 e. The van der Waals surface area contributed by atoms with Crippen molar-refractivity contribution in [1.29, 1.82) is 0 Å². The van der Waals surface area contributed by atoms with Crippen LogP contribution in [0.5, 0.6) is 0 Å². The molecule has 0 spiro atoms. The van der Waals surface area contributed by atoms with Crippen molar-refractivity contribution in [2.24, 2.45) is 0 Å². The first-order chi connectivity index (χ1) is 6.92. The Hall–Kier alpha value is -1.15.